The highest BCUT2D eigenvalue weighted by Crippen LogP contribution is 2.25. The van der Waals surface area contributed by atoms with Crippen LogP contribution in [0.25, 0.3) is 0 Å². The van der Waals surface area contributed by atoms with Crippen LogP contribution in [0.4, 0.5) is 16.0 Å². The van der Waals surface area contributed by atoms with Gasteiger partial charge in [0.1, 0.15) is 17.5 Å². The number of anilines is 2. The van der Waals surface area contributed by atoms with Crippen molar-refractivity contribution in [3.05, 3.63) is 104 Å². The number of methoxy groups -OCH3 is 1. The summed E-state index contributed by atoms with van der Waals surface area (Å²) in [6.07, 6.45) is 1.39. The molecule has 0 aliphatic rings. The number of rotatable bonds is 10. The van der Waals surface area contributed by atoms with Gasteiger partial charge in [0.15, 0.2) is 5.75 Å². The molecule has 0 aliphatic heterocycles. The molecular weight excluding hydrogens is 529 g/mol. The van der Waals surface area contributed by atoms with Crippen LogP contribution in [0.2, 0.25) is 5.02 Å². The van der Waals surface area contributed by atoms with Gasteiger partial charge in [-0.15, -0.1) is 0 Å². The summed E-state index contributed by atoms with van der Waals surface area (Å²) in [6, 6.07) is 14.2. The van der Waals surface area contributed by atoms with Gasteiger partial charge in [0, 0.05) is 30.1 Å². The first-order chi connectivity index (χ1) is 18.7. The van der Waals surface area contributed by atoms with Crippen molar-refractivity contribution in [1.82, 2.24) is 19.1 Å². The fraction of sp³-hybridized carbons (Fsp3) is 0.222. The van der Waals surface area contributed by atoms with E-state index in [2.05, 4.69) is 20.0 Å². The number of hydrogen-bond donors (Lipinski definition) is 1. The van der Waals surface area contributed by atoms with Crippen LogP contribution >= 0.6 is 11.6 Å². The average molecular weight is 554 g/mol. The molecule has 0 saturated heterocycles. The van der Waals surface area contributed by atoms with Crippen molar-refractivity contribution < 1.29 is 18.7 Å². The second-order valence-electron chi connectivity index (χ2n) is 8.52. The summed E-state index contributed by atoms with van der Waals surface area (Å²) in [5.74, 6) is 0.288. The lowest BCUT2D eigenvalue weighted by molar-refractivity contribution is -0.140. The van der Waals surface area contributed by atoms with E-state index in [9.17, 15) is 18.8 Å². The lowest BCUT2D eigenvalue weighted by Crippen LogP contribution is -2.40. The fourth-order valence-corrected chi connectivity index (χ4v) is 3.85. The largest absolute Gasteiger partial charge is 0.469 e. The lowest BCUT2D eigenvalue weighted by Gasteiger charge is -2.17. The molecule has 0 aliphatic carbocycles. The van der Waals surface area contributed by atoms with Crippen molar-refractivity contribution in [3.63, 3.8) is 0 Å². The molecule has 0 spiro atoms. The third-order valence-corrected chi connectivity index (χ3v) is 5.98. The van der Waals surface area contributed by atoms with Gasteiger partial charge in [0.05, 0.1) is 25.5 Å². The van der Waals surface area contributed by atoms with E-state index in [1.165, 1.54) is 29.9 Å². The number of halogens is 2. The zero-order chi connectivity index (χ0) is 27.9. The van der Waals surface area contributed by atoms with Crippen LogP contribution in [0, 0.1) is 12.7 Å². The van der Waals surface area contributed by atoms with Gasteiger partial charge in [-0.1, -0.05) is 23.7 Å². The Hall–Kier alpha value is -4.51. The first-order valence-electron chi connectivity index (χ1n) is 11.9. The van der Waals surface area contributed by atoms with E-state index >= 15 is 0 Å². The van der Waals surface area contributed by atoms with Gasteiger partial charge in [0.2, 0.25) is 5.88 Å². The molecule has 0 fully saturated rings. The van der Waals surface area contributed by atoms with Crippen molar-refractivity contribution in [3.8, 4) is 11.6 Å². The summed E-state index contributed by atoms with van der Waals surface area (Å²) in [7, 11) is 1.28. The summed E-state index contributed by atoms with van der Waals surface area (Å²) >= 11 is 6.01. The molecule has 3 heterocycles. The predicted octanol–water partition coefficient (Wildman–Crippen LogP) is 4.44. The van der Waals surface area contributed by atoms with Gasteiger partial charge in [0.25, 0.3) is 5.56 Å². The molecule has 12 heteroatoms. The second kappa shape index (κ2) is 12.4. The molecular formula is C27H25ClFN5O5. The quantitative estimate of drug-likeness (QED) is 0.286. The third kappa shape index (κ3) is 7.08. The number of benzene rings is 1. The molecule has 4 rings (SSSR count). The maximum Gasteiger partial charge on any atom is 0.332 e. The van der Waals surface area contributed by atoms with Gasteiger partial charge in [-0.2, -0.15) is 0 Å². The first kappa shape index (κ1) is 27.5. The molecule has 39 heavy (non-hydrogen) atoms. The Labute approximate surface area is 227 Å². The number of nitrogens with zero attached hydrogens (tertiary/aromatic N) is 4. The van der Waals surface area contributed by atoms with E-state index in [-0.39, 0.29) is 37.6 Å². The molecule has 0 atom stereocenters. The zero-order valence-corrected chi connectivity index (χ0v) is 21.9. The van der Waals surface area contributed by atoms with Crippen LogP contribution in [0.5, 0.6) is 11.6 Å². The molecule has 4 aromatic rings. The smallest absolute Gasteiger partial charge is 0.332 e. The standard InChI is InChI=1S/C27H25ClFN5O5/c1-17-21(39-24-12-9-20(29)15-30-24)10-11-22(31-17)32-23-14-25(35)33(13-3-4-26(36)38-2)27(37)34(23)16-18-5-7-19(28)8-6-18/h5-12,14-15H,3-4,13,16H2,1-2H3,(H,31,32). The number of aryl methyl sites for hydroxylation is 1. The molecule has 0 saturated carbocycles. The van der Waals surface area contributed by atoms with E-state index in [1.54, 1.807) is 43.3 Å². The highest BCUT2D eigenvalue weighted by Gasteiger charge is 2.15. The highest BCUT2D eigenvalue weighted by atomic mass is 35.5. The highest BCUT2D eigenvalue weighted by molar-refractivity contribution is 6.30. The lowest BCUT2D eigenvalue weighted by atomic mass is 10.2. The summed E-state index contributed by atoms with van der Waals surface area (Å²) in [6.45, 7) is 1.91. The van der Waals surface area contributed by atoms with Gasteiger partial charge >= 0.3 is 11.7 Å². The molecule has 1 aromatic carbocycles. The van der Waals surface area contributed by atoms with Gasteiger partial charge in [-0.05, 0) is 49.2 Å². The number of carbonyl (C=O) groups excluding carboxylic acids is 1. The van der Waals surface area contributed by atoms with Crippen molar-refractivity contribution >= 4 is 29.2 Å². The maximum absolute atomic E-state index is 13.4. The topological polar surface area (TPSA) is 117 Å². The van der Waals surface area contributed by atoms with E-state index in [0.717, 1.165) is 16.3 Å². The van der Waals surface area contributed by atoms with E-state index in [1.807, 2.05) is 0 Å². The summed E-state index contributed by atoms with van der Waals surface area (Å²) < 4.78 is 25.9. The van der Waals surface area contributed by atoms with Gasteiger partial charge < -0.3 is 14.8 Å². The Bertz CT molecular complexity index is 1590. The number of pyridine rings is 2. The van der Waals surface area contributed by atoms with Gasteiger partial charge in [-0.3, -0.25) is 18.7 Å². The minimum atomic E-state index is -0.552. The van der Waals surface area contributed by atoms with Crippen LogP contribution in [-0.4, -0.2) is 32.2 Å². The predicted molar refractivity (Wildman–Crippen MR) is 143 cm³/mol. The Kier molecular flexibility index (Phi) is 8.72. The van der Waals surface area contributed by atoms with E-state index in [4.69, 9.17) is 16.3 Å². The molecule has 0 amide bonds. The molecule has 3 aromatic heterocycles. The molecule has 10 nitrogen and oxygen atoms in total. The van der Waals surface area contributed by atoms with Crippen molar-refractivity contribution in [1.29, 1.82) is 0 Å². The average Bonchev–Trinajstić information content (AvgIpc) is 2.92. The zero-order valence-electron chi connectivity index (χ0n) is 21.2. The second-order valence-corrected chi connectivity index (χ2v) is 8.95. The summed E-state index contributed by atoms with van der Waals surface area (Å²) in [5, 5.41) is 3.60. The summed E-state index contributed by atoms with van der Waals surface area (Å²) in [5.41, 5.74) is 0.195. The maximum atomic E-state index is 13.4. The fourth-order valence-electron chi connectivity index (χ4n) is 3.73. The van der Waals surface area contributed by atoms with Crippen molar-refractivity contribution in [2.45, 2.75) is 32.9 Å². The number of aromatic nitrogens is 4. The monoisotopic (exact) mass is 553 g/mol. The van der Waals surface area contributed by atoms with E-state index < -0.39 is 23.0 Å². The van der Waals surface area contributed by atoms with E-state index in [0.29, 0.717) is 22.3 Å². The third-order valence-electron chi connectivity index (χ3n) is 5.73. The van der Waals surface area contributed by atoms with Crippen LogP contribution in [-0.2, 0) is 22.6 Å². The van der Waals surface area contributed by atoms with Gasteiger partial charge in [-0.25, -0.2) is 19.2 Å². The number of nitrogens with one attached hydrogen (secondary N) is 1. The molecule has 0 radical (unpaired) electrons. The number of carbonyl (C=O) groups is 1. The summed E-state index contributed by atoms with van der Waals surface area (Å²) in [4.78, 5) is 46.2. The Morgan fingerprint density at radius 1 is 1.08 bits per heavy atom. The SMILES string of the molecule is COC(=O)CCCn1c(=O)cc(Nc2ccc(Oc3ccc(F)cn3)c(C)n2)n(Cc2ccc(Cl)cc2)c1=O. The molecule has 202 valence electrons. The molecule has 0 bridgehead atoms. The Balaban J connectivity index is 1.64. The Morgan fingerprint density at radius 3 is 2.51 bits per heavy atom. The minimum absolute atomic E-state index is 0.0501. The van der Waals surface area contributed by atoms with Crippen molar-refractivity contribution in [2.24, 2.45) is 0 Å². The normalized spacial score (nSPS) is 10.8. The molecule has 1 N–H and O–H groups in total. The number of esters is 1. The van der Waals surface area contributed by atoms with Crippen LogP contribution in [0.1, 0.15) is 24.1 Å². The minimum Gasteiger partial charge on any atom is -0.469 e. The number of hydrogen-bond acceptors (Lipinski definition) is 8. The number of ether oxygens (including phenoxy) is 2. The van der Waals surface area contributed by atoms with Crippen molar-refractivity contribution in [2.75, 3.05) is 12.4 Å². The first-order valence-corrected chi connectivity index (χ1v) is 12.3. The molecule has 0 unspecified atom stereocenters. The Morgan fingerprint density at radius 2 is 1.85 bits per heavy atom. The van der Waals surface area contributed by atoms with Crippen LogP contribution in [0.3, 0.4) is 0 Å². The van der Waals surface area contributed by atoms with Crippen LogP contribution in [0.15, 0.2) is 70.4 Å². The van der Waals surface area contributed by atoms with Crippen LogP contribution < -0.4 is 21.3 Å².